The first-order valence-corrected chi connectivity index (χ1v) is 9.38. The molecular formula is C22H29N2O2+. The largest absolute Gasteiger partial charge is 0.491 e. The lowest BCUT2D eigenvalue weighted by Crippen LogP contribution is -2.34. The van der Waals surface area contributed by atoms with Crippen molar-refractivity contribution < 1.29 is 14.4 Å². The number of hydrogen-bond donors (Lipinski definition) is 1. The molecule has 3 rings (SSSR count). The third-order valence-electron chi connectivity index (χ3n) is 4.93. The first-order valence-electron chi connectivity index (χ1n) is 9.38. The van der Waals surface area contributed by atoms with Gasteiger partial charge in [0.2, 0.25) is 0 Å². The van der Waals surface area contributed by atoms with Gasteiger partial charge in [-0.3, -0.25) is 0 Å². The van der Waals surface area contributed by atoms with Crippen molar-refractivity contribution in [2.24, 2.45) is 7.05 Å². The number of rotatable bonds is 7. The Morgan fingerprint density at radius 3 is 2.42 bits per heavy atom. The smallest absolute Gasteiger partial charge is 0.256 e. The zero-order chi connectivity index (χ0) is 18.7. The van der Waals surface area contributed by atoms with E-state index in [9.17, 15) is 5.11 Å². The number of nitrogens with zero attached hydrogens (tertiary/aromatic N) is 2. The fourth-order valence-corrected chi connectivity index (χ4v) is 3.47. The summed E-state index contributed by atoms with van der Waals surface area (Å²) in [6.45, 7) is 7.29. The molecule has 3 aromatic rings. The Bertz CT molecular complexity index is 866. The molecule has 0 bridgehead atoms. The molecule has 0 saturated carbocycles. The van der Waals surface area contributed by atoms with Gasteiger partial charge in [0.1, 0.15) is 25.0 Å². The monoisotopic (exact) mass is 353 g/mol. The van der Waals surface area contributed by atoms with Crippen LogP contribution in [0.1, 0.15) is 38.1 Å². The van der Waals surface area contributed by atoms with Crippen molar-refractivity contribution in [3.05, 3.63) is 59.9 Å². The molecule has 0 aliphatic rings. The Labute approximate surface area is 155 Å². The fourth-order valence-electron chi connectivity index (χ4n) is 3.47. The Kier molecular flexibility index (Phi) is 5.62. The lowest BCUT2D eigenvalue weighted by atomic mass is 10.0. The van der Waals surface area contributed by atoms with Gasteiger partial charge in [-0.15, -0.1) is 0 Å². The van der Waals surface area contributed by atoms with Crippen LogP contribution in [0.3, 0.4) is 0 Å². The van der Waals surface area contributed by atoms with Gasteiger partial charge in [-0.25, -0.2) is 9.13 Å². The summed E-state index contributed by atoms with van der Waals surface area (Å²) in [4.78, 5) is 0. The number of aliphatic hydroxyl groups excluding tert-OH is 1. The van der Waals surface area contributed by atoms with Gasteiger partial charge < -0.3 is 9.84 Å². The molecule has 0 aliphatic carbocycles. The van der Waals surface area contributed by atoms with Gasteiger partial charge in [-0.1, -0.05) is 45.0 Å². The van der Waals surface area contributed by atoms with E-state index in [1.54, 1.807) is 0 Å². The van der Waals surface area contributed by atoms with Crippen molar-refractivity contribution in [3.63, 3.8) is 0 Å². The fraction of sp³-hybridized carbons (Fsp3) is 0.409. The summed E-state index contributed by atoms with van der Waals surface area (Å²) in [5.41, 5.74) is 3.62. The molecule has 0 saturated heterocycles. The van der Waals surface area contributed by atoms with Gasteiger partial charge in [-0.05, 0) is 35.7 Å². The van der Waals surface area contributed by atoms with Crippen LogP contribution < -0.4 is 9.30 Å². The lowest BCUT2D eigenvalue weighted by Gasteiger charge is -2.13. The third kappa shape index (κ3) is 3.75. The van der Waals surface area contributed by atoms with Crippen LogP contribution in [0.5, 0.6) is 5.75 Å². The minimum atomic E-state index is -0.569. The van der Waals surface area contributed by atoms with Crippen LogP contribution in [-0.4, -0.2) is 22.4 Å². The summed E-state index contributed by atoms with van der Waals surface area (Å²) in [6, 6.07) is 16.4. The first-order chi connectivity index (χ1) is 12.5. The molecule has 0 spiro atoms. The molecule has 1 N–H and O–H groups in total. The molecule has 26 heavy (non-hydrogen) atoms. The Morgan fingerprint density at radius 2 is 1.77 bits per heavy atom. The number of aliphatic hydroxyl groups is 1. The molecule has 0 radical (unpaired) electrons. The highest BCUT2D eigenvalue weighted by atomic mass is 16.5. The van der Waals surface area contributed by atoms with Gasteiger partial charge in [0, 0.05) is 6.42 Å². The summed E-state index contributed by atoms with van der Waals surface area (Å²) >= 11 is 0. The predicted molar refractivity (Wildman–Crippen MR) is 105 cm³/mol. The highest BCUT2D eigenvalue weighted by Gasteiger charge is 2.23. The number of hydrogen-bond acceptors (Lipinski definition) is 2. The zero-order valence-corrected chi connectivity index (χ0v) is 16.1. The highest BCUT2D eigenvalue weighted by Crippen LogP contribution is 2.19. The Morgan fingerprint density at radius 1 is 1.08 bits per heavy atom. The molecule has 0 fully saturated rings. The van der Waals surface area contributed by atoms with Crippen LogP contribution in [-0.2, 0) is 20.0 Å². The van der Waals surface area contributed by atoms with Crippen molar-refractivity contribution in [2.45, 2.75) is 45.8 Å². The van der Waals surface area contributed by atoms with E-state index in [0.29, 0.717) is 12.5 Å². The molecule has 138 valence electrons. The molecule has 1 atom stereocenters. The van der Waals surface area contributed by atoms with E-state index in [0.717, 1.165) is 17.7 Å². The van der Waals surface area contributed by atoms with E-state index in [2.05, 4.69) is 61.2 Å². The van der Waals surface area contributed by atoms with Crippen LogP contribution in [0.15, 0.2) is 48.5 Å². The molecular weight excluding hydrogens is 324 g/mol. The maximum atomic E-state index is 10.5. The third-order valence-corrected chi connectivity index (χ3v) is 4.93. The number of benzene rings is 2. The van der Waals surface area contributed by atoms with Gasteiger partial charge in [0.15, 0.2) is 11.0 Å². The van der Waals surface area contributed by atoms with Crippen LogP contribution in [0.25, 0.3) is 11.0 Å². The van der Waals surface area contributed by atoms with Crippen molar-refractivity contribution in [1.82, 2.24) is 4.57 Å². The molecule has 1 heterocycles. The molecule has 1 aromatic heterocycles. The molecule has 1 unspecified atom stereocenters. The Hall–Kier alpha value is -2.33. The van der Waals surface area contributed by atoms with Crippen LogP contribution in [0, 0.1) is 0 Å². The second-order valence-electron chi connectivity index (χ2n) is 7.12. The van der Waals surface area contributed by atoms with Crippen LogP contribution >= 0.6 is 0 Å². The van der Waals surface area contributed by atoms with E-state index < -0.39 is 6.10 Å². The summed E-state index contributed by atoms with van der Waals surface area (Å²) in [5, 5.41) is 10.5. The van der Waals surface area contributed by atoms with Crippen molar-refractivity contribution >= 4 is 11.0 Å². The standard InChI is InChI=1S/C22H29N2O2/c1-5-22-23(4)20-8-6-7-9-21(20)24(22)14-18(25)15-26-19-12-10-17(11-13-19)16(2)3/h6-13,16,18,25H,5,14-15H2,1-4H3/q+1. The van der Waals surface area contributed by atoms with E-state index in [1.165, 1.54) is 16.9 Å². The summed E-state index contributed by atoms with van der Waals surface area (Å²) in [7, 11) is 2.08. The molecule has 0 amide bonds. The first kappa shape index (κ1) is 18.5. The quantitative estimate of drug-likeness (QED) is 0.659. The van der Waals surface area contributed by atoms with Gasteiger partial charge in [0.05, 0.1) is 7.05 Å². The van der Waals surface area contributed by atoms with Crippen LogP contribution in [0.2, 0.25) is 0 Å². The number of aromatic nitrogens is 2. The second kappa shape index (κ2) is 7.92. The number of fused-ring (bicyclic) bond motifs is 1. The number of imidazole rings is 1. The van der Waals surface area contributed by atoms with E-state index in [-0.39, 0.29) is 6.61 Å². The highest BCUT2D eigenvalue weighted by molar-refractivity contribution is 5.72. The molecule has 2 aromatic carbocycles. The van der Waals surface area contributed by atoms with E-state index in [4.69, 9.17) is 4.74 Å². The van der Waals surface area contributed by atoms with Crippen molar-refractivity contribution in [2.75, 3.05) is 6.61 Å². The zero-order valence-electron chi connectivity index (χ0n) is 16.1. The molecule has 4 heteroatoms. The normalized spacial score (nSPS) is 12.7. The van der Waals surface area contributed by atoms with Gasteiger partial charge in [0.25, 0.3) is 5.82 Å². The number of para-hydroxylation sites is 2. The summed E-state index contributed by atoms with van der Waals surface area (Å²) < 4.78 is 10.2. The maximum Gasteiger partial charge on any atom is 0.256 e. The summed E-state index contributed by atoms with van der Waals surface area (Å²) in [6.07, 6.45) is 0.343. The Balaban J connectivity index is 1.70. The minimum Gasteiger partial charge on any atom is -0.491 e. The van der Waals surface area contributed by atoms with Gasteiger partial charge >= 0.3 is 0 Å². The van der Waals surface area contributed by atoms with Crippen LogP contribution in [0.4, 0.5) is 0 Å². The number of aryl methyl sites for hydroxylation is 1. The maximum absolute atomic E-state index is 10.5. The lowest BCUT2D eigenvalue weighted by molar-refractivity contribution is -0.653. The minimum absolute atomic E-state index is 0.278. The van der Waals surface area contributed by atoms with E-state index in [1.807, 2.05) is 24.3 Å². The topological polar surface area (TPSA) is 38.3 Å². The van der Waals surface area contributed by atoms with Crippen molar-refractivity contribution in [3.8, 4) is 5.75 Å². The second-order valence-corrected chi connectivity index (χ2v) is 7.12. The SMILES string of the molecule is CCc1n(CC(O)COc2ccc(C(C)C)cc2)c2ccccc2[n+]1C. The average Bonchev–Trinajstić information content (AvgIpc) is 2.92. The average molecular weight is 353 g/mol. The summed E-state index contributed by atoms with van der Waals surface area (Å²) in [5.74, 6) is 2.50. The molecule has 0 aliphatic heterocycles. The number of ether oxygens (including phenoxy) is 1. The molecule has 4 nitrogen and oxygen atoms in total. The van der Waals surface area contributed by atoms with E-state index >= 15 is 0 Å². The van der Waals surface area contributed by atoms with Crippen molar-refractivity contribution in [1.29, 1.82) is 0 Å². The predicted octanol–water partition coefficient (Wildman–Crippen LogP) is 3.59. The van der Waals surface area contributed by atoms with Gasteiger partial charge in [-0.2, -0.15) is 0 Å².